The number of rotatable bonds is 8. The Morgan fingerprint density at radius 3 is 2.34 bits per heavy atom. The first-order valence-electron chi connectivity index (χ1n) is 10.7. The van der Waals surface area contributed by atoms with E-state index in [9.17, 15) is 13.2 Å². The van der Waals surface area contributed by atoms with E-state index in [0.29, 0.717) is 11.8 Å². The molecule has 0 bridgehead atoms. The second-order valence-electron chi connectivity index (χ2n) is 8.46. The summed E-state index contributed by atoms with van der Waals surface area (Å²) in [5.41, 5.74) is 0.986. The van der Waals surface area contributed by atoms with Crippen molar-refractivity contribution in [3.63, 3.8) is 0 Å². The van der Waals surface area contributed by atoms with Gasteiger partial charge >= 0.3 is 6.09 Å². The maximum absolute atomic E-state index is 12.2. The summed E-state index contributed by atoms with van der Waals surface area (Å²) in [5, 5.41) is 5.71. The molecule has 1 aliphatic rings. The van der Waals surface area contributed by atoms with E-state index in [-0.39, 0.29) is 35.1 Å². The van der Waals surface area contributed by atoms with E-state index >= 15 is 0 Å². The molecule has 2 aromatic rings. The molecule has 2 atom stereocenters. The van der Waals surface area contributed by atoms with Crippen molar-refractivity contribution in [2.75, 3.05) is 5.32 Å². The van der Waals surface area contributed by atoms with Gasteiger partial charge in [0.15, 0.2) is 0 Å². The lowest BCUT2D eigenvalue weighted by Crippen LogP contribution is -2.33. The third kappa shape index (κ3) is 6.60. The maximum Gasteiger partial charge on any atom is 0.407 e. The van der Waals surface area contributed by atoms with E-state index in [2.05, 4.69) is 30.3 Å². The van der Waals surface area contributed by atoms with Crippen LogP contribution in [-0.2, 0) is 14.8 Å². The molecule has 1 saturated carbocycles. The summed E-state index contributed by atoms with van der Waals surface area (Å²) < 4.78 is 32.3. The SMILES string of the molecule is CC(C)NC(=O)O[C@@H]1CC[C@H](c2cnc(Nc3ccc(S(=O)(=O)NC(C)C)cn3)nc2)C1. The topological polar surface area (TPSA) is 135 Å². The molecule has 3 rings (SSSR count). The predicted molar refractivity (Wildman–Crippen MR) is 120 cm³/mol. The average Bonchev–Trinajstić information content (AvgIpc) is 3.15. The van der Waals surface area contributed by atoms with Crippen LogP contribution in [0.2, 0.25) is 0 Å². The smallest absolute Gasteiger partial charge is 0.407 e. The van der Waals surface area contributed by atoms with Crippen LogP contribution in [-0.4, -0.2) is 47.7 Å². The molecule has 0 aromatic carbocycles. The molecule has 1 fully saturated rings. The molecule has 11 heteroatoms. The van der Waals surface area contributed by atoms with Gasteiger partial charge in [-0.3, -0.25) is 0 Å². The number of anilines is 2. The van der Waals surface area contributed by atoms with Gasteiger partial charge in [0.1, 0.15) is 16.8 Å². The summed E-state index contributed by atoms with van der Waals surface area (Å²) >= 11 is 0. The number of hydrogen-bond acceptors (Lipinski definition) is 8. The Balaban J connectivity index is 1.56. The summed E-state index contributed by atoms with van der Waals surface area (Å²) in [7, 11) is -3.59. The van der Waals surface area contributed by atoms with Crippen LogP contribution >= 0.6 is 0 Å². The minimum atomic E-state index is -3.59. The fourth-order valence-electron chi connectivity index (χ4n) is 3.49. The monoisotopic (exact) mass is 462 g/mol. The van der Waals surface area contributed by atoms with Crippen LogP contribution in [0.4, 0.5) is 16.6 Å². The van der Waals surface area contributed by atoms with Crippen molar-refractivity contribution in [1.82, 2.24) is 25.0 Å². The van der Waals surface area contributed by atoms with E-state index in [1.54, 1.807) is 32.3 Å². The number of alkyl carbamates (subject to hydrolysis) is 1. The van der Waals surface area contributed by atoms with Gasteiger partial charge in [0.25, 0.3) is 0 Å². The molecular weight excluding hydrogens is 432 g/mol. The largest absolute Gasteiger partial charge is 0.446 e. The normalized spacial score (nSPS) is 18.7. The Kier molecular flexibility index (Phi) is 7.62. The van der Waals surface area contributed by atoms with Crippen molar-refractivity contribution in [2.45, 2.75) is 76.0 Å². The molecule has 0 unspecified atom stereocenters. The van der Waals surface area contributed by atoms with E-state index in [0.717, 1.165) is 24.8 Å². The van der Waals surface area contributed by atoms with E-state index in [4.69, 9.17) is 4.74 Å². The summed E-state index contributed by atoms with van der Waals surface area (Å²) in [6.07, 6.45) is 6.75. The Labute approximate surface area is 188 Å². The summed E-state index contributed by atoms with van der Waals surface area (Å²) in [4.78, 5) is 24.7. The van der Waals surface area contributed by atoms with Crippen molar-refractivity contribution >= 4 is 27.9 Å². The molecule has 0 spiro atoms. The highest BCUT2D eigenvalue weighted by molar-refractivity contribution is 7.89. The number of hydrogen-bond donors (Lipinski definition) is 3. The van der Waals surface area contributed by atoms with Gasteiger partial charge in [-0.1, -0.05) is 0 Å². The Morgan fingerprint density at radius 2 is 1.75 bits per heavy atom. The zero-order valence-electron chi connectivity index (χ0n) is 18.7. The highest BCUT2D eigenvalue weighted by Crippen LogP contribution is 2.35. The van der Waals surface area contributed by atoms with Gasteiger partial charge in [-0.05, 0) is 70.6 Å². The first-order valence-corrected chi connectivity index (χ1v) is 12.1. The van der Waals surface area contributed by atoms with Crippen molar-refractivity contribution < 1.29 is 17.9 Å². The Hall–Kier alpha value is -2.79. The summed E-state index contributed by atoms with van der Waals surface area (Å²) in [6, 6.07) is 2.87. The standard InChI is InChI=1S/C21H30N6O4S/c1-13(2)25-21(28)31-17-6-5-15(9-17)16-10-23-20(24-11-16)26-19-8-7-18(12-22-19)32(29,30)27-14(3)4/h7-8,10-15,17,27H,5-6,9H2,1-4H3,(H,25,28)(H,22,23,24,26)/t15-,17+/m0/s1. The van der Waals surface area contributed by atoms with Gasteiger partial charge in [-0.25, -0.2) is 32.9 Å². The maximum atomic E-state index is 12.2. The molecule has 32 heavy (non-hydrogen) atoms. The highest BCUT2D eigenvalue weighted by atomic mass is 32.2. The van der Waals surface area contributed by atoms with Crippen molar-refractivity contribution in [2.24, 2.45) is 0 Å². The van der Waals surface area contributed by atoms with Crippen LogP contribution in [0.25, 0.3) is 0 Å². The zero-order valence-corrected chi connectivity index (χ0v) is 19.5. The number of pyridine rings is 1. The lowest BCUT2D eigenvalue weighted by Gasteiger charge is -2.15. The van der Waals surface area contributed by atoms with Gasteiger partial charge < -0.3 is 15.4 Å². The number of nitrogens with one attached hydrogen (secondary N) is 3. The molecule has 2 aromatic heterocycles. The molecule has 0 radical (unpaired) electrons. The molecule has 174 valence electrons. The first kappa shape index (κ1) is 23.9. The number of carbonyl (C=O) groups excluding carboxylic acids is 1. The quantitative estimate of drug-likeness (QED) is 0.545. The third-order valence-corrected chi connectivity index (χ3v) is 6.53. The second-order valence-corrected chi connectivity index (χ2v) is 10.2. The van der Waals surface area contributed by atoms with E-state index in [1.807, 2.05) is 13.8 Å². The van der Waals surface area contributed by atoms with Crippen molar-refractivity contribution in [1.29, 1.82) is 0 Å². The molecule has 0 saturated heterocycles. The minimum Gasteiger partial charge on any atom is -0.446 e. The second kappa shape index (κ2) is 10.2. The predicted octanol–water partition coefficient (Wildman–Crippen LogP) is 3.07. The van der Waals surface area contributed by atoms with E-state index < -0.39 is 10.0 Å². The van der Waals surface area contributed by atoms with Gasteiger partial charge in [-0.15, -0.1) is 0 Å². The van der Waals surface area contributed by atoms with Crippen molar-refractivity contribution in [3.05, 3.63) is 36.3 Å². The molecule has 0 aliphatic heterocycles. The van der Waals surface area contributed by atoms with Crippen LogP contribution in [0, 0.1) is 0 Å². The third-order valence-electron chi connectivity index (χ3n) is 4.89. The molecule has 1 aliphatic carbocycles. The van der Waals surface area contributed by atoms with Gasteiger partial charge in [0.05, 0.1) is 0 Å². The lowest BCUT2D eigenvalue weighted by atomic mass is 10.0. The number of ether oxygens (including phenoxy) is 1. The Morgan fingerprint density at radius 1 is 1.03 bits per heavy atom. The van der Waals surface area contributed by atoms with Crippen LogP contribution < -0.4 is 15.4 Å². The highest BCUT2D eigenvalue weighted by Gasteiger charge is 2.29. The lowest BCUT2D eigenvalue weighted by molar-refractivity contribution is 0.0982. The number of sulfonamides is 1. The first-order chi connectivity index (χ1) is 15.1. The van der Waals surface area contributed by atoms with Crippen LogP contribution in [0.1, 0.15) is 58.4 Å². The summed E-state index contributed by atoms with van der Waals surface area (Å²) in [5.74, 6) is 1.03. The van der Waals surface area contributed by atoms with Crippen molar-refractivity contribution in [3.8, 4) is 0 Å². The van der Waals surface area contributed by atoms with Crippen LogP contribution in [0.15, 0.2) is 35.6 Å². The molecule has 3 N–H and O–H groups in total. The zero-order chi connectivity index (χ0) is 23.3. The average molecular weight is 463 g/mol. The summed E-state index contributed by atoms with van der Waals surface area (Å²) in [6.45, 7) is 7.29. The molecule has 2 heterocycles. The fraction of sp³-hybridized carbons (Fsp3) is 0.524. The van der Waals surface area contributed by atoms with Crippen LogP contribution in [0.3, 0.4) is 0 Å². The van der Waals surface area contributed by atoms with Crippen LogP contribution in [0.5, 0.6) is 0 Å². The molecular formula is C21H30N6O4S. The number of carbonyl (C=O) groups is 1. The van der Waals surface area contributed by atoms with Gasteiger partial charge in [0, 0.05) is 30.7 Å². The van der Waals surface area contributed by atoms with E-state index in [1.165, 1.54) is 12.3 Å². The minimum absolute atomic E-state index is 0.0416. The Bertz CT molecular complexity index is 1010. The number of amides is 1. The van der Waals surface area contributed by atoms with Gasteiger partial charge in [-0.2, -0.15) is 0 Å². The van der Waals surface area contributed by atoms with Gasteiger partial charge in [0.2, 0.25) is 16.0 Å². The fourth-order valence-corrected chi connectivity index (χ4v) is 4.69. The number of aromatic nitrogens is 3. The molecule has 10 nitrogen and oxygen atoms in total. The number of nitrogens with zero attached hydrogens (tertiary/aromatic N) is 3. The molecule has 1 amide bonds.